The number of methoxy groups -OCH3 is 1. The number of ether oxygens (including phenoxy) is 1. The molecular weight excluding hydrogens is 298 g/mol. The molecule has 1 heterocycles. The summed E-state index contributed by atoms with van der Waals surface area (Å²) in [7, 11) is 1.20. The van der Waals surface area contributed by atoms with Crippen LogP contribution in [0.25, 0.3) is 0 Å². The molecule has 8 nitrogen and oxygen atoms in total. The molecule has 1 aromatic carbocycles. The summed E-state index contributed by atoms with van der Waals surface area (Å²) < 4.78 is 5.60. The highest BCUT2D eigenvalue weighted by Crippen LogP contribution is 2.15. The average molecular weight is 310 g/mol. The molecule has 0 aliphatic carbocycles. The number of benzene rings is 1. The smallest absolute Gasteiger partial charge is 0.362 e. The maximum absolute atomic E-state index is 11.9. The lowest BCUT2D eigenvalue weighted by Crippen LogP contribution is -2.21. The van der Waals surface area contributed by atoms with Crippen LogP contribution in [0.4, 0.5) is 11.5 Å². The van der Waals surface area contributed by atoms with Crippen LogP contribution in [0.1, 0.15) is 10.5 Å². The monoisotopic (exact) mass is 309 g/mol. The topological polar surface area (TPSA) is 112 Å². The van der Waals surface area contributed by atoms with Gasteiger partial charge in [0.1, 0.15) is 6.54 Å². The minimum Gasteiger partial charge on any atom is -0.464 e. The predicted octanol–water partition coefficient (Wildman–Crippen LogP) is 0.939. The van der Waals surface area contributed by atoms with Gasteiger partial charge in [-0.2, -0.15) is 0 Å². The molecule has 21 heavy (non-hydrogen) atoms. The largest absolute Gasteiger partial charge is 0.464 e. The van der Waals surface area contributed by atoms with Gasteiger partial charge >= 0.3 is 5.97 Å². The fourth-order valence-electron chi connectivity index (χ4n) is 1.58. The third-order valence-electron chi connectivity index (χ3n) is 2.55. The first-order valence-corrected chi connectivity index (χ1v) is 6.21. The van der Waals surface area contributed by atoms with E-state index >= 15 is 0 Å². The Hall–Kier alpha value is -2.61. The molecule has 110 valence electrons. The number of anilines is 2. The van der Waals surface area contributed by atoms with E-state index in [1.54, 1.807) is 24.3 Å². The summed E-state index contributed by atoms with van der Waals surface area (Å²) in [5.74, 6) is -1.14. The molecule has 0 saturated heterocycles. The van der Waals surface area contributed by atoms with E-state index in [9.17, 15) is 9.59 Å². The van der Waals surface area contributed by atoms with Crippen molar-refractivity contribution in [2.45, 2.75) is 6.54 Å². The molecular formula is C12H12ClN5O3. The molecule has 0 unspecified atom stereocenters. The van der Waals surface area contributed by atoms with Crippen molar-refractivity contribution in [1.82, 2.24) is 15.0 Å². The summed E-state index contributed by atoms with van der Waals surface area (Å²) in [6.45, 7) is -0.192. The van der Waals surface area contributed by atoms with Crippen LogP contribution >= 0.6 is 11.6 Å². The number of esters is 1. The Bertz CT molecular complexity index is 685. The van der Waals surface area contributed by atoms with Gasteiger partial charge in [-0.1, -0.05) is 22.9 Å². The molecule has 0 radical (unpaired) electrons. The lowest BCUT2D eigenvalue weighted by Gasteiger charge is -2.06. The Balaban J connectivity index is 2.06. The first-order chi connectivity index (χ1) is 10.0. The van der Waals surface area contributed by atoms with Gasteiger partial charge in [0.15, 0.2) is 5.82 Å². The third-order valence-corrected chi connectivity index (χ3v) is 2.79. The predicted molar refractivity (Wildman–Crippen MR) is 75.9 cm³/mol. The molecule has 0 saturated carbocycles. The van der Waals surface area contributed by atoms with Gasteiger partial charge in [0.25, 0.3) is 0 Å². The second kappa shape index (κ2) is 6.23. The Labute approximate surface area is 124 Å². The van der Waals surface area contributed by atoms with Gasteiger partial charge in [0.2, 0.25) is 11.6 Å². The van der Waals surface area contributed by atoms with Crippen molar-refractivity contribution in [2.75, 3.05) is 18.2 Å². The Kier molecular flexibility index (Phi) is 4.39. The molecule has 0 bridgehead atoms. The van der Waals surface area contributed by atoms with Gasteiger partial charge < -0.3 is 15.8 Å². The van der Waals surface area contributed by atoms with Gasteiger partial charge in [-0.3, -0.25) is 4.79 Å². The second-order valence-electron chi connectivity index (χ2n) is 4.03. The summed E-state index contributed by atoms with van der Waals surface area (Å²) in [4.78, 5) is 23.2. The van der Waals surface area contributed by atoms with E-state index in [-0.39, 0.29) is 24.0 Å². The van der Waals surface area contributed by atoms with Crippen LogP contribution in [0.5, 0.6) is 0 Å². The zero-order chi connectivity index (χ0) is 15.4. The summed E-state index contributed by atoms with van der Waals surface area (Å²) >= 11 is 5.82. The van der Waals surface area contributed by atoms with Crippen molar-refractivity contribution < 1.29 is 14.3 Å². The van der Waals surface area contributed by atoms with Crippen molar-refractivity contribution >= 4 is 35.0 Å². The van der Waals surface area contributed by atoms with E-state index in [2.05, 4.69) is 20.4 Å². The molecule has 1 amide bonds. The van der Waals surface area contributed by atoms with Gasteiger partial charge in [0.05, 0.1) is 7.11 Å². The summed E-state index contributed by atoms with van der Waals surface area (Å²) in [5.41, 5.74) is 6.09. The van der Waals surface area contributed by atoms with E-state index < -0.39 is 5.97 Å². The molecule has 0 atom stereocenters. The van der Waals surface area contributed by atoms with E-state index in [0.717, 1.165) is 4.68 Å². The minimum absolute atomic E-state index is 0.0388. The van der Waals surface area contributed by atoms with E-state index in [0.29, 0.717) is 10.7 Å². The number of hydrogen-bond donors (Lipinski definition) is 2. The van der Waals surface area contributed by atoms with Gasteiger partial charge in [0, 0.05) is 10.7 Å². The van der Waals surface area contributed by atoms with E-state index in [1.807, 2.05) is 0 Å². The first-order valence-electron chi connectivity index (χ1n) is 5.84. The number of amides is 1. The molecule has 0 aliphatic heterocycles. The lowest BCUT2D eigenvalue weighted by atomic mass is 10.3. The molecule has 0 aliphatic rings. The second-order valence-corrected chi connectivity index (χ2v) is 4.47. The van der Waals surface area contributed by atoms with Crippen LogP contribution < -0.4 is 11.1 Å². The normalized spacial score (nSPS) is 10.2. The fourth-order valence-corrected chi connectivity index (χ4v) is 1.77. The number of nitrogens with two attached hydrogens (primary N) is 1. The molecule has 0 spiro atoms. The number of carbonyl (C=O) groups excluding carboxylic acids is 2. The average Bonchev–Trinajstić information content (AvgIpc) is 2.79. The number of carbonyl (C=O) groups is 2. The van der Waals surface area contributed by atoms with Crippen LogP contribution in [0.3, 0.4) is 0 Å². The van der Waals surface area contributed by atoms with Crippen molar-refractivity contribution in [2.24, 2.45) is 0 Å². The number of halogens is 1. The Morgan fingerprint density at radius 3 is 2.90 bits per heavy atom. The number of aromatic nitrogens is 3. The van der Waals surface area contributed by atoms with Crippen LogP contribution in [0.15, 0.2) is 24.3 Å². The van der Waals surface area contributed by atoms with E-state index in [4.69, 9.17) is 17.3 Å². The lowest BCUT2D eigenvalue weighted by molar-refractivity contribution is -0.116. The minimum atomic E-state index is -0.714. The highest BCUT2D eigenvalue weighted by Gasteiger charge is 2.19. The zero-order valence-electron chi connectivity index (χ0n) is 11.0. The Morgan fingerprint density at radius 2 is 2.24 bits per heavy atom. The number of nitrogens with one attached hydrogen (secondary N) is 1. The molecule has 9 heteroatoms. The van der Waals surface area contributed by atoms with Gasteiger partial charge in [-0.25, -0.2) is 9.48 Å². The van der Waals surface area contributed by atoms with Crippen molar-refractivity contribution in [3.63, 3.8) is 0 Å². The number of hydrogen-bond acceptors (Lipinski definition) is 6. The first kappa shape index (κ1) is 14.8. The van der Waals surface area contributed by atoms with Crippen molar-refractivity contribution in [3.05, 3.63) is 35.0 Å². The number of rotatable bonds is 4. The quantitative estimate of drug-likeness (QED) is 0.813. The summed E-state index contributed by atoms with van der Waals surface area (Å²) in [5, 5.41) is 10.3. The molecule has 2 aromatic rings. The van der Waals surface area contributed by atoms with Crippen LogP contribution in [0, 0.1) is 0 Å². The highest BCUT2D eigenvalue weighted by molar-refractivity contribution is 6.30. The maximum Gasteiger partial charge on any atom is 0.362 e. The van der Waals surface area contributed by atoms with Crippen molar-refractivity contribution in [1.29, 1.82) is 0 Å². The molecule has 1 aromatic heterocycles. The van der Waals surface area contributed by atoms with Crippen LogP contribution in [-0.4, -0.2) is 34.0 Å². The zero-order valence-corrected chi connectivity index (χ0v) is 11.8. The standard InChI is InChI=1S/C12H12ClN5O3/c1-21-12(20)10-11(14)18(17-16-10)6-9(19)15-8-4-2-3-7(13)5-8/h2-5H,6,14H2,1H3,(H,15,19). The number of nitrogen functional groups attached to an aromatic ring is 1. The molecule has 0 fully saturated rings. The van der Waals surface area contributed by atoms with Gasteiger partial charge in [-0.05, 0) is 18.2 Å². The third kappa shape index (κ3) is 3.48. The maximum atomic E-state index is 11.9. The highest BCUT2D eigenvalue weighted by atomic mass is 35.5. The van der Waals surface area contributed by atoms with E-state index in [1.165, 1.54) is 7.11 Å². The van der Waals surface area contributed by atoms with Crippen molar-refractivity contribution in [3.8, 4) is 0 Å². The molecule has 2 rings (SSSR count). The van der Waals surface area contributed by atoms with Crippen LogP contribution in [-0.2, 0) is 16.1 Å². The molecule has 3 N–H and O–H groups in total. The Morgan fingerprint density at radius 1 is 1.48 bits per heavy atom. The summed E-state index contributed by atoms with van der Waals surface area (Å²) in [6.07, 6.45) is 0. The number of nitrogens with zero attached hydrogens (tertiary/aromatic N) is 3. The SMILES string of the molecule is COC(=O)c1nnn(CC(=O)Nc2cccc(Cl)c2)c1N. The van der Waals surface area contributed by atoms with Crippen LogP contribution in [0.2, 0.25) is 5.02 Å². The summed E-state index contributed by atoms with van der Waals surface area (Å²) in [6, 6.07) is 6.69. The van der Waals surface area contributed by atoms with Gasteiger partial charge in [-0.15, -0.1) is 5.10 Å². The fraction of sp³-hybridized carbons (Fsp3) is 0.167.